The van der Waals surface area contributed by atoms with E-state index in [2.05, 4.69) is 35.8 Å². The summed E-state index contributed by atoms with van der Waals surface area (Å²) in [7, 11) is 0. The number of aryl methyl sites for hydroxylation is 1. The van der Waals surface area contributed by atoms with Gasteiger partial charge < -0.3 is 13.9 Å². The zero-order chi connectivity index (χ0) is 21.9. The molecule has 1 amide bonds. The number of carbonyl (C=O) groups excluding carboxylic acids is 1. The predicted octanol–water partition coefficient (Wildman–Crippen LogP) is 6.64. The Morgan fingerprint density at radius 2 is 1.59 bits per heavy atom. The van der Waals surface area contributed by atoms with Gasteiger partial charge in [0.05, 0.1) is 12.0 Å². The average molecular weight is 432 g/mol. The Bertz CT molecular complexity index is 1050. The van der Waals surface area contributed by atoms with Crippen LogP contribution in [0.1, 0.15) is 79.9 Å². The van der Waals surface area contributed by atoms with Gasteiger partial charge in [0.1, 0.15) is 5.69 Å². The first kappa shape index (κ1) is 21.0. The molecule has 0 unspecified atom stereocenters. The highest BCUT2D eigenvalue weighted by molar-refractivity contribution is 5.92. The Labute approximate surface area is 190 Å². The Balaban J connectivity index is 1.52. The van der Waals surface area contributed by atoms with E-state index in [0.29, 0.717) is 11.8 Å². The van der Waals surface area contributed by atoms with Crippen molar-refractivity contribution in [3.63, 3.8) is 0 Å². The van der Waals surface area contributed by atoms with Crippen molar-refractivity contribution in [3.05, 3.63) is 54.0 Å². The van der Waals surface area contributed by atoms with Crippen molar-refractivity contribution in [1.82, 2.24) is 14.5 Å². The summed E-state index contributed by atoms with van der Waals surface area (Å²) in [5.41, 5.74) is 4.23. The van der Waals surface area contributed by atoms with Gasteiger partial charge in [0.2, 0.25) is 0 Å². The molecule has 0 radical (unpaired) electrons. The van der Waals surface area contributed by atoms with Crippen LogP contribution in [0.25, 0.3) is 22.7 Å². The Hall–Kier alpha value is -2.82. The monoisotopic (exact) mass is 431 g/mol. The first-order valence-corrected chi connectivity index (χ1v) is 12.2. The Kier molecular flexibility index (Phi) is 6.15. The molecule has 1 saturated carbocycles. The topological polar surface area (TPSA) is 51.3 Å². The number of imidazole rings is 1. The van der Waals surface area contributed by atoms with E-state index in [0.717, 1.165) is 61.5 Å². The molecule has 1 aromatic carbocycles. The molecule has 5 rings (SSSR count). The maximum absolute atomic E-state index is 13.1. The van der Waals surface area contributed by atoms with Crippen LogP contribution in [0.3, 0.4) is 0 Å². The van der Waals surface area contributed by atoms with Crippen molar-refractivity contribution in [2.75, 3.05) is 13.1 Å². The number of nitrogens with zero attached hydrogens (tertiary/aromatic N) is 3. The van der Waals surface area contributed by atoms with Crippen molar-refractivity contribution in [3.8, 4) is 22.7 Å². The standard InChI is InChI=1S/C27H33N3O2/c1-20-11-13-21(14-12-20)25-26(30(19-28-25)22-9-5-4-6-10-22)23-15-16-24(32-23)27(31)29-17-7-2-3-8-18-29/h11-16,19,22H,2-10,17-18H2,1H3. The van der Waals surface area contributed by atoms with Crippen LogP contribution in [0.2, 0.25) is 0 Å². The number of aromatic nitrogens is 2. The van der Waals surface area contributed by atoms with Crippen molar-refractivity contribution in [1.29, 1.82) is 0 Å². The van der Waals surface area contributed by atoms with Crippen molar-refractivity contribution in [2.24, 2.45) is 0 Å². The molecule has 3 aromatic rings. The molecule has 0 atom stereocenters. The molecule has 5 nitrogen and oxygen atoms in total. The van der Waals surface area contributed by atoms with Gasteiger partial charge in [-0.2, -0.15) is 0 Å². The summed E-state index contributed by atoms with van der Waals surface area (Å²) in [5, 5.41) is 0. The van der Waals surface area contributed by atoms with Crippen molar-refractivity contribution in [2.45, 2.75) is 70.8 Å². The largest absolute Gasteiger partial charge is 0.449 e. The smallest absolute Gasteiger partial charge is 0.289 e. The SMILES string of the molecule is Cc1ccc(-c2ncn(C3CCCCC3)c2-c2ccc(C(=O)N3CCCCCC3)o2)cc1. The van der Waals surface area contributed by atoms with E-state index in [9.17, 15) is 4.79 Å². The molecule has 3 heterocycles. The lowest BCUT2D eigenvalue weighted by atomic mass is 9.95. The fourth-order valence-electron chi connectivity index (χ4n) is 5.17. The van der Waals surface area contributed by atoms with Gasteiger partial charge in [0.25, 0.3) is 5.91 Å². The van der Waals surface area contributed by atoms with Gasteiger partial charge in [-0.25, -0.2) is 4.98 Å². The normalized spacial score (nSPS) is 18.0. The van der Waals surface area contributed by atoms with E-state index in [4.69, 9.17) is 9.40 Å². The minimum absolute atomic E-state index is 0.0127. The lowest BCUT2D eigenvalue weighted by Crippen LogP contribution is -2.31. The first-order chi connectivity index (χ1) is 15.7. The number of rotatable bonds is 4. The zero-order valence-corrected chi connectivity index (χ0v) is 19.1. The maximum Gasteiger partial charge on any atom is 0.289 e. The number of hydrogen-bond acceptors (Lipinski definition) is 3. The number of amides is 1. The van der Waals surface area contributed by atoms with E-state index >= 15 is 0 Å². The van der Waals surface area contributed by atoms with Gasteiger partial charge in [-0.1, -0.05) is 61.9 Å². The lowest BCUT2D eigenvalue weighted by molar-refractivity contribution is 0.0730. The van der Waals surface area contributed by atoms with Crippen LogP contribution in [-0.2, 0) is 0 Å². The molecule has 1 aliphatic heterocycles. The van der Waals surface area contributed by atoms with Crippen LogP contribution in [0.4, 0.5) is 0 Å². The summed E-state index contributed by atoms with van der Waals surface area (Å²) in [6, 6.07) is 12.7. The number of benzene rings is 1. The average Bonchev–Trinajstić information content (AvgIpc) is 3.39. The molecule has 0 N–H and O–H groups in total. The number of furan rings is 1. The van der Waals surface area contributed by atoms with Crippen LogP contribution in [0, 0.1) is 6.92 Å². The quantitative estimate of drug-likeness (QED) is 0.465. The van der Waals surface area contributed by atoms with E-state index < -0.39 is 0 Å². The number of carbonyl (C=O) groups is 1. The fourth-order valence-corrected chi connectivity index (χ4v) is 5.17. The molecule has 0 bridgehead atoms. The minimum atomic E-state index is 0.0127. The fraction of sp³-hybridized carbons (Fsp3) is 0.481. The molecule has 2 aromatic heterocycles. The molecular formula is C27H33N3O2. The summed E-state index contributed by atoms with van der Waals surface area (Å²) < 4.78 is 8.55. The van der Waals surface area contributed by atoms with E-state index in [1.165, 1.54) is 37.7 Å². The second-order valence-corrected chi connectivity index (χ2v) is 9.38. The third kappa shape index (κ3) is 4.25. The van der Waals surface area contributed by atoms with Gasteiger partial charge in [0.15, 0.2) is 11.5 Å². The molecular weight excluding hydrogens is 398 g/mol. The van der Waals surface area contributed by atoms with Gasteiger partial charge in [-0.15, -0.1) is 0 Å². The van der Waals surface area contributed by atoms with E-state index in [-0.39, 0.29) is 5.91 Å². The second kappa shape index (κ2) is 9.35. The minimum Gasteiger partial charge on any atom is -0.449 e. The summed E-state index contributed by atoms with van der Waals surface area (Å²) in [6.07, 6.45) is 12.7. The van der Waals surface area contributed by atoms with Gasteiger partial charge in [0, 0.05) is 24.7 Å². The van der Waals surface area contributed by atoms with Crippen LogP contribution < -0.4 is 0 Å². The molecule has 168 valence electrons. The molecule has 1 aliphatic carbocycles. The summed E-state index contributed by atoms with van der Waals surface area (Å²) in [6.45, 7) is 3.74. The number of hydrogen-bond donors (Lipinski definition) is 0. The van der Waals surface area contributed by atoms with Crippen molar-refractivity contribution < 1.29 is 9.21 Å². The molecule has 2 aliphatic rings. The van der Waals surface area contributed by atoms with Crippen LogP contribution in [0.5, 0.6) is 0 Å². The van der Waals surface area contributed by atoms with Gasteiger partial charge >= 0.3 is 0 Å². The van der Waals surface area contributed by atoms with Gasteiger partial charge in [-0.3, -0.25) is 4.79 Å². The Morgan fingerprint density at radius 3 is 2.31 bits per heavy atom. The van der Waals surface area contributed by atoms with Gasteiger partial charge in [-0.05, 0) is 44.7 Å². The molecule has 0 spiro atoms. The highest BCUT2D eigenvalue weighted by Gasteiger charge is 2.26. The summed E-state index contributed by atoms with van der Waals surface area (Å²) >= 11 is 0. The summed E-state index contributed by atoms with van der Waals surface area (Å²) in [5.74, 6) is 1.19. The van der Waals surface area contributed by atoms with E-state index in [1.807, 2.05) is 23.4 Å². The van der Waals surface area contributed by atoms with Crippen LogP contribution >= 0.6 is 0 Å². The Morgan fingerprint density at radius 1 is 0.906 bits per heavy atom. The maximum atomic E-state index is 13.1. The zero-order valence-electron chi connectivity index (χ0n) is 19.1. The first-order valence-electron chi connectivity index (χ1n) is 12.2. The lowest BCUT2D eigenvalue weighted by Gasteiger charge is -2.24. The van der Waals surface area contributed by atoms with Crippen molar-refractivity contribution >= 4 is 5.91 Å². The highest BCUT2D eigenvalue weighted by atomic mass is 16.4. The molecule has 32 heavy (non-hydrogen) atoms. The third-order valence-electron chi connectivity index (χ3n) is 7.03. The molecule has 5 heteroatoms. The van der Waals surface area contributed by atoms with Crippen LogP contribution in [-0.4, -0.2) is 33.4 Å². The van der Waals surface area contributed by atoms with E-state index in [1.54, 1.807) is 0 Å². The summed E-state index contributed by atoms with van der Waals surface area (Å²) in [4.78, 5) is 19.9. The predicted molar refractivity (Wildman–Crippen MR) is 127 cm³/mol. The second-order valence-electron chi connectivity index (χ2n) is 9.38. The number of likely N-dealkylation sites (tertiary alicyclic amines) is 1. The molecule has 2 fully saturated rings. The molecule has 1 saturated heterocycles. The highest BCUT2D eigenvalue weighted by Crippen LogP contribution is 2.38. The van der Waals surface area contributed by atoms with Crippen LogP contribution in [0.15, 0.2) is 47.1 Å². The third-order valence-corrected chi connectivity index (χ3v) is 7.03.